The van der Waals surface area contributed by atoms with E-state index in [-0.39, 0.29) is 22.7 Å². The van der Waals surface area contributed by atoms with E-state index in [1.807, 2.05) is 0 Å². The fourth-order valence-corrected chi connectivity index (χ4v) is 4.96. The highest BCUT2D eigenvalue weighted by Gasteiger charge is 2.42. The van der Waals surface area contributed by atoms with Gasteiger partial charge < -0.3 is 20.3 Å². The number of hydrogen-bond acceptors (Lipinski definition) is 10. The lowest BCUT2D eigenvalue weighted by Gasteiger charge is -2.18. The van der Waals surface area contributed by atoms with Crippen LogP contribution in [0.15, 0.2) is 9.59 Å². The number of aromatic amines is 1. The summed E-state index contributed by atoms with van der Waals surface area (Å²) in [6.07, 6.45) is -1.24. The Morgan fingerprint density at radius 1 is 1.54 bits per heavy atom. The van der Waals surface area contributed by atoms with Crippen LogP contribution >= 0.6 is 23.1 Å². The number of aromatic nitrogens is 3. The Morgan fingerprint density at radius 2 is 2.27 bits per heavy atom. The maximum atomic E-state index is 12.5. The summed E-state index contributed by atoms with van der Waals surface area (Å²) < 4.78 is 11.9. The zero-order valence-electron chi connectivity index (χ0n) is 14.0. The van der Waals surface area contributed by atoms with Crippen LogP contribution in [-0.4, -0.2) is 49.5 Å². The van der Waals surface area contributed by atoms with E-state index < -0.39 is 39.4 Å². The molecule has 10 nitrogen and oxygen atoms in total. The van der Waals surface area contributed by atoms with Gasteiger partial charge in [0, 0.05) is 0 Å². The number of thioether (sulfide) groups is 1. The maximum Gasteiger partial charge on any atom is 0.311 e. The first-order valence-corrected chi connectivity index (χ1v) is 9.58. The number of nitrogen functional groups attached to an aromatic ring is 1. The van der Waals surface area contributed by atoms with E-state index >= 15 is 0 Å². The molecule has 1 fully saturated rings. The van der Waals surface area contributed by atoms with E-state index in [1.165, 1.54) is 23.4 Å². The molecule has 26 heavy (non-hydrogen) atoms. The molecule has 2 aromatic heterocycles. The molecule has 0 radical (unpaired) electrons. The Bertz CT molecular complexity index is 938. The van der Waals surface area contributed by atoms with Gasteiger partial charge in [-0.1, -0.05) is 18.3 Å². The van der Waals surface area contributed by atoms with Crippen LogP contribution in [0, 0.1) is 0 Å². The summed E-state index contributed by atoms with van der Waals surface area (Å²) in [5.41, 5.74) is 4.55. The molecule has 1 aliphatic heterocycles. The first kappa shape index (κ1) is 18.9. The molecule has 3 heterocycles. The number of fused-ring (bicyclic) bond motifs is 1. The predicted molar refractivity (Wildman–Crippen MR) is 97.1 cm³/mol. The van der Waals surface area contributed by atoms with Gasteiger partial charge in [0.2, 0.25) is 5.95 Å². The largest absolute Gasteiger partial charge is 0.469 e. The second kappa shape index (κ2) is 7.39. The first-order chi connectivity index (χ1) is 12.3. The zero-order chi connectivity index (χ0) is 19.0. The SMILES string of the molecule is CC[C@H](O)[C@@H]1O[C@@H](n2c(=O)sc3c(=O)[nH]c(N)nc32)[C@H](CC(=O)OC)S1. The van der Waals surface area contributed by atoms with Crippen molar-refractivity contribution in [3.8, 4) is 0 Å². The van der Waals surface area contributed by atoms with Crippen molar-refractivity contribution in [1.29, 1.82) is 0 Å². The fourth-order valence-electron chi connectivity index (χ4n) is 2.66. The lowest BCUT2D eigenvalue weighted by molar-refractivity contribution is -0.141. The Hall–Kier alpha value is -1.89. The number of carbonyl (C=O) groups is 1. The second-order valence-corrected chi connectivity index (χ2v) is 7.97. The predicted octanol–water partition coefficient (Wildman–Crippen LogP) is 0.0192. The summed E-state index contributed by atoms with van der Waals surface area (Å²) in [5.74, 6) is -0.602. The summed E-state index contributed by atoms with van der Waals surface area (Å²) in [4.78, 5) is 42.2. The average Bonchev–Trinajstić information content (AvgIpc) is 3.14. The lowest BCUT2D eigenvalue weighted by atomic mass is 10.2. The van der Waals surface area contributed by atoms with E-state index in [2.05, 4.69) is 9.97 Å². The molecule has 12 heteroatoms. The third kappa shape index (κ3) is 3.37. The number of aliphatic hydroxyl groups is 1. The number of carbonyl (C=O) groups excluding carboxylic acids is 1. The van der Waals surface area contributed by atoms with E-state index in [9.17, 15) is 19.5 Å². The molecule has 0 amide bonds. The summed E-state index contributed by atoms with van der Waals surface area (Å²) in [6.45, 7) is 1.80. The van der Waals surface area contributed by atoms with Crippen LogP contribution in [0.4, 0.5) is 5.95 Å². The van der Waals surface area contributed by atoms with Crippen LogP contribution in [0.1, 0.15) is 26.0 Å². The number of ether oxygens (including phenoxy) is 2. The van der Waals surface area contributed by atoms with Crippen LogP contribution in [0.3, 0.4) is 0 Å². The molecule has 2 aromatic rings. The highest BCUT2D eigenvalue weighted by Crippen LogP contribution is 2.43. The number of nitrogens with zero attached hydrogens (tertiary/aromatic N) is 2. The molecule has 0 aliphatic carbocycles. The number of methoxy groups -OCH3 is 1. The van der Waals surface area contributed by atoms with Crippen LogP contribution in [-0.2, 0) is 14.3 Å². The van der Waals surface area contributed by atoms with Gasteiger partial charge in [-0.15, -0.1) is 11.8 Å². The number of nitrogens with two attached hydrogens (primary N) is 1. The normalized spacial score (nSPS) is 24.0. The van der Waals surface area contributed by atoms with Crippen molar-refractivity contribution in [1.82, 2.24) is 14.5 Å². The standard InChI is InChI=1S/C14H18N4O6S2/c1-3-5(19)12-24-11(6(25-12)4-7(20)23-2)18-9-8(26-14(18)22)10(21)17-13(15)16-9/h5-6,11-12,19H,3-4H2,1-2H3,(H3,15,16,17,21)/t5-,6-,11+,12+/m0/s1. The summed E-state index contributed by atoms with van der Waals surface area (Å²) in [6, 6.07) is 0. The minimum atomic E-state index is -0.889. The Balaban J connectivity index is 2.08. The highest BCUT2D eigenvalue weighted by molar-refractivity contribution is 8.00. The molecule has 4 atom stereocenters. The molecule has 0 saturated carbocycles. The Morgan fingerprint density at radius 3 is 2.92 bits per heavy atom. The number of aliphatic hydroxyl groups excluding tert-OH is 1. The van der Waals surface area contributed by atoms with Crippen LogP contribution in [0.2, 0.25) is 0 Å². The molecule has 3 rings (SSSR count). The summed E-state index contributed by atoms with van der Waals surface area (Å²) in [5, 5.41) is 9.62. The molecule has 1 saturated heterocycles. The molecule has 4 N–H and O–H groups in total. The second-order valence-electron chi connectivity index (χ2n) is 5.67. The molecular weight excluding hydrogens is 384 g/mol. The minimum absolute atomic E-state index is 0.0266. The van der Waals surface area contributed by atoms with Crippen LogP contribution in [0.25, 0.3) is 10.3 Å². The van der Waals surface area contributed by atoms with Gasteiger partial charge in [-0.05, 0) is 6.42 Å². The van der Waals surface area contributed by atoms with Crippen molar-refractivity contribution in [2.24, 2.45) is 0 Å². The van der Waals surface area contributed by atoms with Crippen molar-refractivity contribution in [3.63, 3.8) is 0 Å². The average molecular weight is 402 g/mol. The van der Waals surface area contributed by atoms with Crippen LogP contribution < -0.4 is 16.2 Å². The number of thiazole rings is 1. The smallest absolute Gasteiger partial charge is 0.311 e. The molecular formula is C14H18N4O6S2. The van der Waals surface area contributed by atoms with Gasteiger partial charge in [0.15, 0.2) is 11.9 Å². The fraction of sp³-hybridized carbons (Fsp3) is 0.571. The van der Waals surface area contributed by atoms with Crippen molar-refractivity contribution >= 4 is 45.4 Å². The third-order valence-electron chi connectivity index (χ3n) is 3.97. The summed E-state index contributed by atoms with van der Waals surface area (Å²) >= 11 is 1.97. The van der Waals surface area contributed by atoms with Gasteiger partial charge in [0.1, 0.15) is 10.1 Å². The number of anilines is 1. The lowest BCUT2D eigenvalue weighted by Crippen LogP contribution is -2.29. The number of rotatable bonds is 5. The topological polar surface area (TPSA) is 150 Å². The Labute approximate surface area is 155 Å². The van der Waals surface area contributed by atoms with E-state index in [1.54, 1.807) is 6.92 Å². The molecule has 0 spiro atoms. The van der Waals surface area contributed by atoms with Gasteiger partial charge in [-0.2, -0.15) is 4.98 Å². The highest BCUT2D eigenvalue weighted by atomic mass is 32.2. The van der Waals surface area contributed by atoms with Crippen molar-refractivity contribution in [3.05, 3.63) is 20.0 Å². The van der Waals surface area contributed by atoms with Gasteiger partial charge >= 0.3 is 10.8 Å². The molecule has 1 aliphatic rings. The first-order valence-electron chi connectivity index (χ1n) is 7.82. The quantitative estimate of drug-likeness (QED) is 0.588. The van der Waals surface area contributed by atoms with Gasteiger partial charge in [-0.25, -0.2) is 0 Å². The zero-order valence-corrected chi connectivity index (χ0v) is 15.6. The van der Waals surface area contributed by atoms with Crippen molar-refractivity contribution in [2.45, 2.75) is 42.8 Å². The maximum absolute atomic E-state index is 12.5. The van der Waals surface area contributed by atoms with E-state index in [0.717, 1.165) is 11.3 Å². The molecule has 0 unspecified atom stereocenters. The molecule has 0 aromatic carbocycles. The third-order valence-corrected chi connectivity index (χ3v) is 6.36. The number of hydrogen-bond donors (Lipinski definition) is 3. The molecule has 0 bridgehead atoms. The number of nitrogens with one attached hydrogen (secondary N) is 1. The van der Waals surface area contributed by atoms with Gasteiger partial charge in [-0.3, -0.25) is 23.9 Å². The van der Waals surface area contributed by atoms with E-state index in [4.69, 9.17) is 15.2 Å². The van der Waals surface area contributed by atoms with Crippen molar-refractivity contribution in [2.75, 3.05) is 12.8 Å². The van der Waals surface area contributed by atoms with Gasteiger partial charge in [0.25, 0.3) is 5.56 Å². The summed E-state index contributed by atoms with van der Waals surface area (Å²) in [7, 11) is 1.27. The number of H-pyrrole nitrogens is 1. The van der Waals surface area contributed by atoms with E-state index in [0.29, 0.717) is 6.42 Å². The monoisotopic (exact) mass is 402 g/mol. The number of esters is 1. The van der Waals surface area contributed by atoms with Crippen molar-refractivity contribution < 1.29 is 19.4 Å². The van der Waals surface area contributed by atoms with Crippen LogP contribution in [0.5, 0.6) is 0 Å². The van der Waals surface area contributed by atoms with Gasteiger partial charge in [0.05, 0.1) is 24.9 Å². The molecule has 142 valence electrons. The minimum Gasteiger partial charge on any atom is -0.469 e. The Kier molecular flexibility index (Phi) is 5.37.